The number of aromatic nitrogens is 2. The van der Waals surface area contributed by atoms with E-state index in [9.17, 15) is 0 Å². The first-order chi connectivity index (χ1) is 9.60. The van der Waals surface area contributed by atoms with Gasteiger partial charge in [0.05, 0.1) is 0 Å². The zero-order valence-electron chi connectivity index (χ0n) is 11.9. The minimum atomic E-state index is 0.584. The smallest absolute Gasteiger partial charge is 0.226 e. The average Bonchev–Trinajstić information content (AvgIpc) is 2.44. The number of hydrogen-bond acceptors (Lipinski definition) is 4. The largest absolute Gasteiger partial charge is 0.439 e. The molecule has 4 nitrogen and oxygen atoms in total. The summed E-state index contributed by atoms with van der Waals surface area (Å²) in [4.78, 5) is 8.64. The number of halogens is 1. The van der Waals surface area contributed by atoms with Gasteiger partial charge in [-0.2, -0.15) is 4.98 Å². The zero-order chi connectivity index (χ0) is 14.5. The molecule has 1 aromatic heterocycles. The van der Waals surface area contributed by atoms with Crippen LogP contribution in [-0.2, 0) is 0 Å². The maximum absolute atomic E-state index is 5.85. The Morgan fingerprint density at radius 1 is 1.25 bits per heavy atom. The molecule has 0 aliphatic carbocycles. The van der Waals surface area contributed by atoms with Gasteiger partial charge < -0.3 is 10.1 Å². The molecule has 1 aromatic carbocycles. The van der Waals surface area contributed by atoms with Crippen LogP contribution in [0, 0.1) is 13.8 Å². The maximum atomic E-state index is 5.85. The van der Waals surface area contributed by atoms with Crippen molar-refractivity contribution in [1.82, 2.24) is 9.97 Å². The van der Waals surface area contributed by atoms with Gasteiger partial charge in [0.15, 0.2) is 0 Å². The molecule has 0 saturated heterocycles. The molecule has 0 aliphatic rings. The van der Waals surface area contributed by atoms with Gasteiger partial charge in [-0.25, -0.2) is 4.98 Å². The molecular formula is C15H18BrN3O. The number of rotatable bonds is 5. The van der Waals surface area contributed by atoms with Gasteiger partial charge in [-0.3, -0.25) is 0 Å². The average molecular weight is 336 g/mol. The number of nitrogens with one attached hydrogen (secondary N) is 1. The molecule has 0 unspecified atom stereocenters. The van der Waals surface area contributed by atoms with Crippen LogP contribution in [0.15, 0.2) is 28.9 Å². The highest BCUT2D eigenvalue weighted by atomic mass is 79.9. The third kappa shape index (κ3) is 3.70. The number of aryl methyl sites for hydroxylation is 2. The Kier molecular flexibility index (Phi) is 4.95. The van der Waals surface area contributed by atoms with E-state index in [1.165, 1.54) is 0 Å². The lowest BCUT2D eigenvalue weighted by molar-refractivity contribution is 0.457. The Balaban J connectivity index is 2.20. The molecule has 0 saturated carbocycles. The standard InChI is InChI=1S/C15H18BrN3O/c1-4-7-17-15-18-9-11(3)14(19-15)20-12-5-6-13(16)10(2)8-12/h5-6,8-9H,4,7H2,1-3H3,(H,17,18,19). The van der Waals surface area contributed by atoms with E-state index >= 15 is 0 Å². The van der Waals surface area contributed by atoms with Gasteiger partial charge in [0.1, 0.15) is 5.75 Å². The minimum absolute atomic E-state index is 0.584. The van der Waals surface area contributed by atoms with Crippen molar-refractivity contribution >= 4 is 21.9 Å². The monoisotopic (exact) mass is 335 g/mol. The third-order valence-electron chi connectivity index (χ3n) is 2.80. The van der Waals surface area contributed by atoms with Crippen LogP contribution in [-0.4, -0.2) is 16.5 Å². The van der Waals surface area contributed by atoms with Crippen molar-refractivity contribution < 1.29 is 4.74 Å². The Bertz CT molecular complexity index is 602. The van der Waals surface area contributed by atoms with Gasteiger partial charge >= 0.3 is 0 Å². The molecule has 0 fully saturated rings. The molecule has 1 heterocycles. The van der Waals surface area contributed by atoms with E-state index in [0.717, 1.165) is 34.3 Å². The molecule has 0 bridgehead atoms. The summed E-state index contributed by atoms with van der Waals surface area (Å²) in [6.07, 6.45) is 2.80. The first kappa shape index (κ1) is 14.8. The number of nitrogens with zero attached hydrogens (tertiary/aromatic N) is 2. The first-order valence-electron chi connectivity index (χ1n) is 6.61. The molecule has 0 amide bonds. The van der Waals surface area contributed by atoms with E-state index in [0.29, 0.717) is 11.8 Å². The second-order valence-corrected chi connectivity index (χ2v) is 5.48. The molecule has 2 rings (SSSR count). The van der Waals surface area contributed by atoms with Crippen molar-refractivity contribution in [2.45, 2.75) is 27.2 Å². The predicted molar refractivity (Wildman–Crippen MR) is 84.5 cm³/mol. The van der Waals surface area contributed by atoms with Gasteiger partial charge in [0.25, 0.3) is 0 Å². The quantitative estimate of drug-likeness (QED) is 0.875. The number of benzene rings is 1. The van der Waals surface area contributed by atoms with Gasteiger partial charge in [0.2, 0.25) is 11.8 Å². The third-order valence-corrected chi connectivity index (χ3v) is 3.69. The second kappa shape index (κ2) is 6.70. The summed E-state index contributed by atoms with van der Waals surface area (Å²) in [7, 11) is 0. The van der Waals surface area contributed by atoms with Crippen molar-refractivity contribution in [2.75, 3.05) is 11.9 Å². The molecule has 2 aromatic rings. The van der Waals surface area contributed by atoms with E-state index in [2.05, 4.69) is 38.1 Å². The maximum Gasteiger partial charge on any atom is 0.226 e. The van der Waals surface area contributed by atoms with Crippen LogP contribution >= 0.6 is 15.9 Å². The molecular weight excluding hydrogens is 318 g/mol. The topological polar surface area (TPSA) is 47.0 Å². The predicted octanol–water partition coefficient (Wildman–Crippen LogP) is 4.47. The fourth-order valence-corrected chi connectivity index (χ4v) is 1.89. The number of ether oxygens (including phenoxy) is 1. The Hall–Kier alpha value is -1.62. The van der Waals surface area contributed by atoms with Gasteiger partial charge in [-0.05, 0) is 44.0 Å². The Morgan fingerprint density at radius 3 is 2.75 bits per heavy atom. The van der Waals surface area contributed by atoms with E-state index < -0.39 is 0 Å². The lowest BCUT2D eigenvalue weighted by Crippen LogP contribution is -2.05. The summed E-state index contributed by atoms with van der Waals surface area (Å²) in [5.41, 5.74) is 2.03. The van der Waals surface area contributed by atoms with Crippen molar-refractivity contribution in [1.29, 1.82) is 0 Å². The molecule has 0 radical (unpaired) electrons. The van der Waals surface area contributed by atoms with Crippen molar-refractivity contribution in [3.63, 3.8) is 0 Å². The van der Waals surface area contributed by atoms with Gasteiger partial charge in [0, 0.05) is 22.8 Å². The molecule has 0 aliphatic heterocycles. The summed E-state index contributed by atoms with van der Waals surface area (Å²) in [6, 6.07) is 5.86. The molecule has 5 heteroatoms. The van der Waals surface area contributed by atoms with Crippen LogP contribution < -0.4 is 10.1 Å². The van der Waals surface area contributed by atoms with Crippen LogP contribution in [0.4, 0.5) is 5.95 Å². The van der Waals surface area contributed by atoms with Crippen LogP contribution in [0.1, 0.15) is 24.5 Å². The molecule has 0 atom stereocenters. The fraction of sp³-hybridized carbons (Fsp3) is 0.333. The fourth-order valence-electron chi connectivity index (χ4n) is 1.64. The lowest BCUT2D eigenvalue weighted by atomic mass is 10.2. The molecule has 106 valence electrons. The molecule has 0 spiro atoms. The van der Waals surface area contributed by atoms with Crippen LogP contribution in [0.25, 0.3) is 0 Å². The van der Waals surface area contributed by atoms with Crippen molar-refractivity contribution in [2.24, 2.45) is 0 Å². The van der Waals surface area contributed by atoms with E-state index in [1.54, 1.807) is 6.20 Å². The first-order valence-corrected chi connectivity index (χ1v) is 7.41. The molecule has 1 N–H and O–H groups in total. The van der Waals surface area contributed by atoms with Crippen LogP contribution in [0.2, 0.25) is 0 Å². The van der Waals surface area contributed by atoms with Crippen LogP contribution in [0.3, 0.4) is 0 Å². The number of anilines is 1. The summed E-state index contributed by atoms with van der Waals surface area (Å²) < 4.78 is 6.92. The Morgan fingerprint density at radius 2 is 2.05 bits per heavy atom. The van der Waals surface area contributed by atoms with Crippen molar-refractivity contribution in [3.05, 3.63) is 40.0 Å². The Labute approximate surface area is 127 Å². The highest BCUT2D eigenvalue weighted by molar-refractivity contribution is 9.10. The minimum Gasteiger partial charge on any atom is -0.439 e. The summed E-state index contributed by atoms with van der Waals surface area (Å²) >= 11 is 3.48. The van der Waals surface area contributed by atoms with Gasteiger partial charge in [-0.1, -0.05) is 22.9 Å². The van der Waals surface area contributed by atoms with E-state index in [1.807, 2.05) is 32.0 Å². The summed E-state index contributed by atoms with van der Waals surface area (Å²) in [6.45, 7) is 6.91. The highest BCUT2D eigenvalue weighted by Gasteiger charge is 2.07. The normalized spacial score (nSPS) is 10.4. The highest BCUT2D eigenvalue weighted by Crippen LogP contribution is 2.27. The van der Waals surface area contributed by atoms with Crippen molar-refractivity contribution in [3.8, 4) is 11.6 Å². The van der Waals surface area contributed by atoms with E-state index in [-0.39, 0.29) is 0 Å². The van der Waals surface area contributed by atoms with E-state index in [4.69, 9.17) is 4.74 Å². The van der Waals surface area contributed by atoms with Gasteiger partial charge in [-0.15, -0.1) is 0 Å². The number of hydrogen-bond donors (Lipinski definition) is 1. The summed E-state index contributed by atoms with van der Waals surface area (Å²) in [5.74, 6) is 1.95. The van der Waals surface area contributed by atoms with Crippen LogP contribution in [0.5, 0.6) is 11.6 Å². The lowest BCUT2D eigenvalue weighted by Gasteiger charge is -2.10. The summed E-state index contributed by atoms with van der Waals surface area (Å²) in [5, 5.41) is 3.16. The molecule has 20 heavy (non-hydrogen) atoms. The second-order valence-electron chi connectivity index (χ2n) is 4.62. The zero-order valence-corrected chi connectivity index (χ0v) is 13.5. The SMILES string of the molecule is CCCNc1ncc(C)c(Oc2ccc(Br)c(C)c2)n1.